The summed E-state index contributed by atoms with van der Waals surface area (Å²) in [5, 5.41) is 0. The Bertz CT molecular complexity index is 540. The number of benzene rings is 2. The van der Waals surface area contributed by atoms with Crippen LogP contribution in [0, 0.1) is 0 Å². The molecule has 0 aliphatic carbocycles. The van der Waals surface area contributed by atoms with Crippen LogP contribution in [0.1, 0.15) is 5.56 Å². The third-order valence-corrected chi connectivity index (χ3v) is 3.79. The molecule has 4 heteroatoms. The summed E-state index contributed by atoms with van der Waals surface area (Å²) in [4.78, 5) is 1.01. The minimum atomic E-state index is 0.596. The zero-order valence-corrected chi connectivity index (χ0v) is 12.8. The van der Waals surface area contributed by atoms with E-state index in [0.29, 0.717) is 10.1 Å². The standard InChI is InChI=1S/C15H14OS3/c17-15(18)19-14-9-5-4-8-13(14)16-11-10-12-6-2-1-3-7-12/h1-9H,10-11H2,(H,17,18). The van der Waals surface area contributed by atoms with Crippen LogP contribution in [0.5, 0.6) is 5.75 Å². The van der Waals surface area contributed by atoms with E-state index in [4.69, 9.17) is 17.0 Å². The van der Waals surface area contributed by atoms with Crippen molar-refractivity contribution in [2.45, 2.75) is 11.3 Å². The summed E-state index contributed by atoms with van der Waals surface area (Å²) in [6.07, 6.45) is 0.894. The molecule has 2 aromatic carbocycles. The van der Waals surface area contributed by atoms with E-state index in [-0.39, 0.29) is 0 Å². The predicted octanol–water partition coefficient (Wildman–Crippen LogP) is 4.61. The van der Waals surface area contributed by atoms with Gasteiger partial charge in [-0.2, -0.15) is 0 Å². The van der Waals surface area contributed by atoms with E-state index in [2.05, 4.69) is 24.8 Å². The molecule has 0 bridgehead atoms. The Morgan fingerprint density at radius 3 is 2.47 bits per heavy atom. The Morgan fingerprint density at radius 2 is 1.74 bits per heavy atom. The van der Waals surface area contributed by atoms with Crippen LogP contribution in [0.3, 0.4) is 0 Å². The van der Waals surface area contributed by atoms with Crippen molar-refractivity contribution < 1.29 is 4.74 Å². The molecular formula is C15H14OS3. The van der Waals surface area contributed by atoms with Crippen molar-refractivity contribution in [2.75, 3.05) is 6.61 Å². The van der Waals surface area contributed by atoms with E-state index in [1.54, 1.807) is 0 Å². The molecule has 0 saturated heterocycles. The van der Waals surface area contributed by atoms with Crippen LogP contribution in [0.2, 0.25) is 0 Å². The highest BCUT2D eigenvalue weighted by Crippen LogP contribution is 2.31. The molecule has 0 atom stereocenters. The number of thiocarbonyl (C=S) groups is 1. The smallest absolute Gasteiger partial charge is 0.133 e. The number of rotatable bonds is 5. The van der Waals surface area contributed by atoms with E-state index < -0.39 is 0 Å². The van der Waals surface area contributed by atoms with Crippen LogP contribution in [-0.2, 0) is 6.42 Å². The predicted molar refractivity (Wildman–Crippen MR) is 89.5 cm³/mol. The van der Waals surface area contributed by atoms with Gasteiger partial charge in [0.15, 0.2) is 0 Å². The SMILES string of the molecule is S=C(S)Sc1ccccc1OCCc1ccccc1. The molecule has 0 N–H and O–H groups in total. The van der Waals surface area contributed by atoms with Crippen LogP contribution in [0.4, 0.5) is 0 Å². The monoisotopic (exact) mass is 306 g/mol. The highest BCUT2D eigenvalue weighted by molar-refractivity contribution is 8.41. The summed E-state index contributed by atoms with van der Waals surface area (Å²) in [7, 11) is 0. The molecular weight excluding hydrogens is 292 g/mol. The lowest BCUT2D eigenvalue weighted by atomic mass is 10.2. The summed E-state index contributed by atoms with van der Waals surface area (Å²) in [6, 6.07) is 18.2. The fourth-order valence-electron chi connectivity index (χ4n) is 1.67. The normalized spacial score (nSPS) is 10.2. The molecule has 0 aromatic heterocycles. The van der Waals surface area contributed by atoms with Gasteiger partial charge < -0.3 is 4.74 Å². The first-order valence-electron chi connectivity index (χ1n) is 5.92. The summed E-state index contributed by atoms with van der Waals surface area (Å²) >= 11 is 10.6. The molecule has 0 aliphatic heterocycles. The number of ether oxygens (including phenoxy) is 1. The average Bonchev–Trinajstić information content (AvgIpc) is 2.41. The van der Waals surface area contributed by atoms with E-state index in [1.807, 2.05) is 42.5 Å². The molecule has 0 saturated carbocycles. The van der Waals surface area contributed by atoms with Crippen LogP contribution in [-0.4, -0.2) is 10.1 Å². The maximum absolute atomic E-state index is 5.83. The van der Waals surface area contributed by atoms with E-state index in [1.165, 1.54) is 17.3 Å². The maximum atomic E-state index is 5.83. The van der Waals surface area contributed by atoms with Gasteiger partial charge in [0.25, 0.3) is 0 Å². The average molecular weight is 306 g/mol. The van der Waals surface area contributed by atoms with E-state index >= 15 is 0 Å². The number of hydrogen-bond acceptors (Lipinski definition) is 3. The second-order valence-corrected chi connectivity index (χ2v) is 6.67. The second kappa shape index (κ2) is 7.58. The Labute approximate surface area is 128 Å². The van der Waals surface area contributed by atoms with Crippen LogP contribution in [0.25, 0.3) is 0 Å². The van der Waals surface area contributed by atoms with Crippen molar-refractivity contribution >= 4 is 40.1 Å². The quantitative estimate of drug-likeness (QED) is 0.491. The van der Waals surface area contributed by atoms with Gasteiger partial charge in [-0.3, -0.25) is 0 Å². The highest BCUT2D eigenvalue weighted by atomic mass is 32.2. The molecule has 0 fully saturated rings. The van der Waals surface area contributed by atoms with Gasteiger partial charge in [0.1, 0.15) is 9.28 Å². The topological polar surface area (TPSA) is 9.23 Å². The lowest BCUT2D eigenvalue weighted by Crippen LogP contribution is -2.02. The van der Waals surface area contributed by atoms with Crippen molar-refractivity contribution in [1.29, 1.82) is 0 Å². The van der Waals surface area contributed by atoms with Gasteiger partial charge in [-0.25, -0.2) is 0 Å². The zero-order chi connectivity index (χ0) is 13.5. The number of para-hydroxylation sites is 1. The van der Waals surface area contributed by atoms with Gasteiger partial charge in [0, 0.05) is 6.42 Å². The van der Waals surface area contributed by atoms with Crippen molar-refractivity contribution in [2.24, 2.45) is 0 Å². The zero-order valence-electron chi connectivity index (χ0n) is 10.3. The van der Waals surface area contributed by atoms with Gasteiger partial charge in [-0.05, 0) is 17.7 Å². The molecule has 0 unspecified atom stereocenters. The summed E-state index contributed by atoms with van der Waals surface area (Å²) in [6.45, 7) is 0.654. The molecule has 0 amide bonds. The fourth-order valence-corrected chi connectivity index (χ4v) is 2.80. The number of hydrogen-bond donors (Lipinski definition) is 1. The summed E-state index contributed by atoms with van der Waals surface area (Å²) in [5.74, 6) is 0.861. The first-order valence-corrected chi connectivity index (χ1v) is 7.59. The minimum Gasteiger partial charge on any atom is -0.492 e. The van der Waals surface area contributed by atoms with Crippen LogP contribution in [0.15, 0.2) is 59.5 Å². The molecule has 1 nitrogen and oxygen atoms in total. The highest BCUT2D eigenvalue weighted by Gasteiger charge is 2.05. The van der Waals surface area contributed by atoms with Gasteiger partial charge >= 0.3 is 0 Å². The third kappa shape index (κ3) is 4.90. The Hall–Kier alpha value is -0.970. The lowest BCUT2D eigenvalue weighted by Gasteiger charge is -2.10. The van der Waals surface area contributed by atoms with Crippen molar-refractivity contribution in [3.8, 4) is 5.75 Å². The molecule has 2 aromatic rings. The number of thiol groups is 1. The number of thioether (sulfide) groups is 1. The summed E-state index contributed by atoms with van der Waals surface area (Å²) < 4.78 is 6.42. The van der Waals surface area contributed by atoms with Gasteiger partial charge in [0.05, 0.1) is 11.5 Å². The molecule has 98 valence electrons. The Kier molecular flexibility index (Phi) is 5.76. The first-order chi connectivity index (χ1) is 9.25. The molecule has 19 heavy (non-hydrogen) atoms. The van der Waals surface area contributed by atoms with Crippen molar-refractivity contribution in [3.05, 3.63) is 60.2 Å². The second-order valence-electron chi connectivity index (χ2n) is 3.90. The maximum Gasteiger partial charge on any atom is 0.133 e. The first kappa shape index (κ1) is 14.4. The minimum absolute atomic E-state index is 0.596. The summed E-state index contributed by atoms with van der Waals surface area (Å²) in [5.41, 5.74) is 1.28. The van der Waals surface area contributed by atoms with Gasteiger partial charge in [-0.1, -0.05) is 66.4 Å². The van der Waals surface area contributed by atoms with E-state index in [0.717, 1.165) is 17.1 Å². The molecule has 2 rings (SSSR count). The third-order valence-electron chi connectivity index (χ3n) is 2.54. The lowest BCUT2D eigenvalue weighted by molar-refractivity contribution is 0.314. The fraction of sp³-hybridized carbons (Fsp3) is 0.133. The van der Waals surface area contributed by atoms with E-state index in [9.17, 15) is 0 Å². The van der Waals surface area contributed by atoms with Crippen LogP contribution < -0.4 is 4.74 Å². The largest absolute Gasteiger partial charge is 0.492 e. The van der Waals surface area contributed by atoms with Crippen molar-refractivity contribution in [1.82, 2.24) is 0 Å². The van der Waals surface area contributed by atoms with Gasteiger partial charge in [-0.15, -0.1) is 12.6 Å². The molecule has 0 aliphatic rings. The van der Waals surface area contributed by atoms with Crippen LogP contribution >= 0.6 is 36.6 Å². The molecule has 0 radical (unpaired) electrons. The van der Waals surface area contributed by atoms with Crippen molar-refractivity contribution in [3.63, 3.8) is 0 Å². The van der Waals surface area contributed by atoms with Gasteiger partial charge in [0.2, 0.25) is 0 Å². The molecule has 0 spiro atoms. The Balaban J connectivity index is 1.94. The molecule has 0 heterocycles. The Morgan fingerprint density at radius 1 is 1.05 bits per heavy atom.